The highest BCUT2D eigenvalue weighted by atomic mass is 16.2. The predicted octanol–water partition coefficient (Wildman–Crippen LogP) is 1.87. The van der Waals surface area contributed by atoms with E-state index in [2.05, 4.69) is 24.1 Å². The summed E-state index contributed by atoms with van der Waals surface area (Å²) in [5.41, 5.74) is 2.17. The molecule has 0 aliphatic carbocycles. The molecule has 0 unspecified atom stereocenters. The molecule has 1 fully saturated rings. The Balaban J connectivity index is 2.01. The van der Waals surface area contributed by atoms with E-state index in [4.69, 9.17) is 4.98 Å². The zero-order valence-electron chi connectivity index (χ0n) is 12.1. The number of aromatic nitrogens is 1. The predicted molar refractivity (Wildman–Crippen MR) is 75.9 cm³/mol. The molecule has 0 bridgehead atoms. The molecule has 0 aromatic carbocycles. The summed E-state index contributed by atoms with van der Waals surface area (Å²) >= 11 is 0. The maximum absolute atomic E-state index is 11.6. The number of likely N-dealkylation sites (tertiary alicyclic amines) is 1. The number of nitrogens with zero attached hydrogens (tertiary/aromatic N) is 3. The largest absolute Gasteiger partial charge is 0.349 e. The lowest BCUT2D eigenvalue weighted by atomic mass is 10.1. The van der Waals surface area contributed by atoms with Gasteiger partial charge in [-0.3, -0.25) is 14.7 Å². The first-order chi connectivity index (χ1) is 9.08. The minimum atomic E-state index is 0.158. The second kappa shape index (κ2) is 6.15. The van der Waals surface area contributed by atoms with Crippen LogP contribution >= 0.6 is 0 Å². The second-order valence-corrected chi connectivity index (χ2v) is 5.48. The van der Waals surface area contributed by atoms with E-state index >= 15 is 0 Å². The molecule has 2 rings (SSSR count). The van der Waals surface area contributed by atoms with Crippen molar-refractivity contribution in [1.29, 1.82) is 0 Å². The second-order valence-electron chi connectivity index (χ2n) is 5.48. The van der Waals surface area contributed by atoms with Crippen molar-refractivity contribution in [3.8, 4) is 0 Å². The smallest absolute Gasteiger partial charge is 0.222 e. The summed E-state index contributed by atoms with van der Waals surface area (Å²) < 4.78 is 0. The molecule has 1 aliphatic heterocycles. The van der Waals surface area contributed by atoms with Crippen molar-refractivity contribution in [3.63, 3.8) is 0 Å². The topological polar surface area (TPSA) is 36.4 Å². The molecule has 1 aromatic heterocycles. The van der Waals surface area contributed by atoms with E-state index in [1.54, 1.807) is 19.0 Å². The van der Waals surface area contributed by atoms with Crippen LogP contribution in [-0.2, 0) is 11.2 Å². The van der Waals surface area contributed by atoms with Gasteiger partial charge < -0.3 is 4.90 Å². The summed E-state index contributed by atoms with van der Waals surface area (Å²) in [7, 11) is 5.74. The molecule has 0 N–H and O–H groups in total. The van der Waals surface area contributed by atoms with Gasteiger partial charge >= 0.3 is 0 Å². The minimum absolute atomic E-state index is 0.158. The lowest BCUT2D eigenvalue weighted by Crippen LogP contribution is -2.22. The number of amides is 1. The normalized spacial score (nSPS) is 19.6. The van der Waals surface area contributed by atoms with E-state index in [0.717, 1.165) is 24.4 Å². The fraction of sp³-hybridized carbons (Fsp3) is 0.600. The Kier molecular flexibility index (Phi) is 4.53. The van der Waals surface area contributed by atoms with E-state index in [0.29, 0.717) is 12.5 Å². The van der Waals surface area contributed by atoms with Crippen LogP contribution in [0.2, 0.25) is 0 Å². The highest BCUT2D eigenvalue weighted by Gasteiger charge is 2.23. The SMILES string of the molecule is CN(C)C(=O)CCc1cccc([C@@H]2CCCN2C)n1. The molecule has 0 radical (unpaired) electrons. The van der Waals surface area contributed by atoms with Crippen LogP contribution in [0.4, 0.5) is 0 Å². The number of rotatable bonds is 4. The van der Waals surface area contributed by atoms with Crippen molar-refractivity contribution in [2.75, 3.05) is 27.7 Å². The first-order valence-corrected chi connectivity index (χ1v) is 6.94. The minimum Gasteiger partial charge on any atom is -0.349 e. The van der Waals surface area contributed by atoms with E-state index in [9.17, 15) is 4.79 Å². The molecule has 0 saturated carbocycles. The third-order valence-electron chi connectivity index (χ3n) is 3.78. The van der Waals surface area contributed by atoms with Crippen molar-refractivity contribution < 1.29 is 4.79 Å². The Bertz CT molecular complexity index is 445. The number of hydrogen-bond donors (Lipinski definition) is 0. The number of carbonyl (C=O) groups is 1. The number of pyridine rings is 1. The van der Waals surface area contributed by atoms with Crippen LogP contribution in [0.1, 0.15) is 36.7 Å². The fourth-order valence-corrected chi connectivity index (χ4v) is 2.57. The van der Waals surface area contributed by atoms with E-state index in [1.807, 2.05) is 6.07 Å². The molecule has 1 aliphatic rings. The van der Waals surface area contributed by atoms with E-state index in [1.165, 1.54) is 12.8 Å². The third kappa shape index (κ3) is 3.53. The maximum atomic E-state index is 11.6. The molecule has 1 saturated heterocycles. The number of aryl methyl sites for hydroxylation is 1. The molecule has 19 heavy (non-hydrogen) atoms. The summed E-state index contributed by atoms with van der Waals surface area (Å²) in [5.74, 6) is 0.158. The van der Waals surface area contributed by atoms with Crippen LogP contribution in [0, 0.1) is 0 Å². The Morgan fingerprint density at radius 3 is 2.89 bits per heavy atom. The molecular weight excluding hydrogens is 238 g/mol. The summed E-state index contributed by atoms with van der Waals surface area (Å²) in [6.07, 6.45) is 3.68. The van der Waals surface area contributed by atoms with Crippen LogP contribution in [0.5, 0.6) is 0 Å². The van der Waals surface area contributed by atoms with Crippen molar-refractivity contribution in [2.45, 2.75) is 31.7 Å². The van der Waals surface area contributed by atoms with E-state index in [-0.39, 0.29) is 5.91 Å². The molecule has 1 aromatic rings. The van der Waals surface area contributed by atoms with Crippen molar-refractivity contribution in [1.82, 2.24) is 14.8 Å². The van der Waals surface area contributed by atoms with Gasteiger partial charge in [-0.15, -0.1) is 0 Å². The van der Waals surface area contributed by atoms with Gasteiger partial charge in [0.2, 0.25) is 5.91 Å². The van der Waals surface area contributed by atoms with Crippen LogP contribution in [0.25, 0.3) is 0 Å². The Hall–Kier alpha value is -1.42. The first-order valence-electron chi connectivity index (χ1n) is 6.94. The van der Waals surface area contributed by atoms with Crippen molar-refractivity contribution in [3.05, 3.63) is 29.6 Å². The molecule has 2 heterocycles. The lowest BCUT2D eigenvalue weighted by molar-refractivity contribution is -0.128. The van der Waals surface area contributed by atoms with Crippen molar-refractivity contribution >= 4 is 5.91 Å². The lowest BCUT2D eigenvalue weighted by Gasteiger charge is -2.19. The van der Waals surface area contributed by atoms with Gasteiger partial charge in [-0.05, 0) is 45.0 Å². The quantitative estimate of drug-likeness (QED) is 0.830. The van der Waals surface area contributed by atoms with Crippen LogP contribution < -0.4 is 0 Å². The molecule has 1 amide bonds. The maximum Gasteiger partial charge on any atom is 0.222 e. The first kappa shape index (κ1) is 14.0. The summed E-state index contributed by atoms with van der Waals surface area (Å²) in [5, 5.41) is 0. The van der Waals surface area contributed by atoms with Gasteiger partial charge in [0.05, 0.1) is 11.7 Å². The number of hydrogen-bond acceptors (Lipinski definition) is 3. The van der Waals surface area contributed by atoms with Gasteiger partial charge in [0.15, 0.2) is 0 Å². The summed E-state index contributed by atoms with van der Waals surface area (Å²) in [4.78, 5) is 20.3. The Morgan fingerprint density at radius 2 is 2.26 bits per heavy atom. The van der Waals surface area contributed by atoms with Crippen LogP contribution in [0.3, 0.4) is 0 Å². The van der Waals surface area contributed by atoms with Crippen LogP contribution in [0.15, 0.2) is 18.2 Å². The zero-order chi connectivity index (χ0) is 13.8. The highest BCUT2D eigenvalue weighted by molar-refractivity contribution is 5.75. The molecule has 4 nitrogen and oxygen atoms in total. The average molecular weight is 261 g/mol. The fourth-order valence-electron chi connectivity index (χ4n) is 2.57. The Morgan fingerprint density at radius 1 is 1.47 bits per heavy atom. The average Bonchev–Trinajstić information content (AvgIpc) is 2.82. The molecule has 0 spiro atoms. The van der Waals surface area contributed by atoms with Gasteiger partial charge in [0, 0.05) is 26.2 Å². The third-order valence-corrected chi connectivity index (χ3v) is 3.78. The van der Waals surface area contributed by atoms with Gasteiger partial charge in [-0.1, -0.05) is 6.07 Å². The van der Waals surface area contributed by atoms with Crippen molar-refractivity contribution in [2.24, 2.45) is 0 Å². The summed E-state index contributed by atoms with van der Waals surface area (Å²) in [6.45, 7) is 1.15. The Labute approximate surface area is 115 Å². The summed E-state index contributed by atoms with van der Waals surface area (Å²) in [6, 6.07) is 6.62. The zero-order valence-corrected chi connectivity index (χ0v) is 12.1. The highest BCUT2D eigenvalue weighted by Crippen LogP contribution is 2.28. The van der Waals surface area contributed by atoms with Gasteiger partial charge in [0.25, 0.3) is 0 Å². The van der Waals surface area contributed by atoms with E-state index < -0.39 is 0 Å². The molecule has 4 heteroatoms. The van der Waals surface area contributed by atoms with Gasteiger partial charge in [0.1, 0.15) is 0 Å². The van der Waals surface area contributed by atoms with Gasteiger partial charge in [-0.25, -0.2) is 0 Å². The molecular formula is C15H23N3O. The monoisotopic (exact) mass is 261 g/mol. The number of carbonyl (C=O) groups excluding carboxylic acids is 1. The molecule has 104 valence electrons. The van der Waals surface area contributed by atoms with Gasteiger partial charge in [-0.2, -0.15) is 0 Å². The molecule has 1 atom stereocenters. The standard InChI is InChI=1S/C15H23N3O/c1-17(2)15(19)10-9-12-6-4-7-13(16-12)14-8-5-11-18(14)3/h4,6-7,14H,5,8-11H2,1-3H3/t14-/m0/s1. The van der Waals surface area contributed by atoms with Crippen LogP contribution in [-0.4, -0.2) is 48.4 Å².